The summed E-state index contributed by atoms with van der Waals surface area (Å²) in [5.74, 6) is -0.367. The van der Waals surface area contributed by atoms with Gasteiger partial charge in [0.1, 0.15) is 0 Å². The lowest BCUT2D eigenvalue weighted by Gasteiger charge is -2.19. The van der Waals surface area contributed by atoms with Gasteiger partial charge in [-0.05, 0) is 50.5 Å². The van der Waals surface area contributed by atoms with Gasteiger partial charge in [-0.3, -0.25) is 4.79 Å². The summed E-state index contributed by atoms with van der Waals surface area (Å²) in [6.07, 6.45) is 0. The Morgan fingerprint density at radius 1 is 1.00 bits per heavy atom. The molecular weight excluding hydrogens is 336 g/mol. The summed E-state index contributed by atoms with van der Waals surface area (Å²) in [7, 11) is -2.31. The van der Waals surface area contributed by atoms with Gasteiger partial charge in [-0.1, -0.05) is 35.9 Å². The van der Waals surface area contributed by atoms with Crippen LogP contribution in [0.25, 0.3) is 0 Å². The van der Waals surface area contributed by atoms with E-state index in [4.69, 9.17) is 0 Å². The molecule has 2 rings (SSSR count). The fourth-order valence-corrected chi connectivity index (χ4v) is 4.06. The lowest BCUT2D eigenvalue weighted by Crippen LogP contribution is -2.35. The zero-order valence-corrected chi connectivity index (χ0v) is 16.1. The molecule has 25 heavy (non-hydrogen) atoms. The number of likely N-dealkylation sites (N-methyl/N-ethyl adjacent to an activating group) is 1. The van der Waals surface area contributed by atoms with Crippen molar-refractivity contribution in [2.45, 2.75) is 32.6 Å². The smallest absolute Gasteiger partial charge is 0.243 e. The van der Waals surface area contributed by atoms with E-state index in [0.29, 0.717) is 5.56 Å². The minimum atomic E-state index is -3.72. The number of sulfonamides is 1. The molecule has 0 saturated heterocycles. The van der Waals surface area contributed by atoms with Crippen molar-refractivity contribution in [1.29, 1.82) is 0 Å². The molecule has 1 amide bonds. The highest BCUT2D eigenvalue weighted by atomic mass is 32.2. The molecule has 2 aromatic rings. The molecule has 2 aromatic carbocycles. The topological polar surface area (TPSA) is 66.5 Å². The van der Waals surface area contributed by atoms with E-state index < -0.39 is 10.0 Å². The van der Waals surface area contributed by atoms with Crippen LogP contribution >= 0.6 is 0 Å². The minimum Gasteiger partial charge on any atom is -0.324 e. The van der Waals surface area contributed by atoms with Gasteiger partial charge in [0.05, 0.1) is 11.4 Å². The van der Waals surface area contributed by atoms with Crippen molar-refractivity contribution in [2.24, 2.45) is 0 Å². The second kappa shape index (κ2) is 7.37. The molecule has 0 spiro atoms. The maximum Gasteiger partial charge on any atom is 0.243 e. The third-order valence-electron chi connectivity index (χ3n) is 4.13. The average molecular weight is 360 g/mol. The van der Waals surface area contributed by atoms with Gasteiger partial charge < -0.3 is 5.32 Å². The Morgan fingerprint density at radius 3 is 2.16 bits per heavy atom. The zero-order valence-electron chi connectivity index (χ0n) is 15.3. The van der Waals surface area contributed by atoms with Crippen molar-refractivity contribution < 1.29 is 13.2 Å². The maximum absolute atomic E-state index is 12.7. The van der Waals surface area contributed by atoms with E-state index >= 15 is 0 Å². The number of carbonyl (C=O) groups excluding carboxylic acids is 1. The predicted octanol–water partition coefficient (Wildman–Crippen LogP) is 3.18. The van der Waals surface area contributed by atoms with Gasteiger partial charge in [0.2, 0.25) is 15.9 Å². The third kappa shape index (κ3) is 4.27. The van der Waals surface area contributed by atoms with Crippen molar-refractivity contribution in [1.82, 2.24) is 4.31 Å². The monoisotopic (exact) mass is 360 g/mol. The molecular formula is C19H24N2O3S. The lowest BCUT2D eigenvalue weighted by molar-refractivity contribution is -0.116. The highest BCUT2D eigenvalue weighted by molar-refractivity contribution is 7.89. The van der Waals surface area contributed by atoms with Gasteiger partial charge in [0.25, 0.3) is 0 Å². The van der Waals surface area contributed by atoms with Crippen LogP contribution in [0.2, 0.25) is 0 Å². The molecule has 0 aliphatic heterocycles. The predicted molar refractivity (Wildman–Crippen MR) is 100 cm³/mol. The van der Waals surface area contributed by atoms with Crippen LogP contribution < -0.4 is 5.32 Å². The average Bonchev–Trinajstić information content (AvgIpc) is 2.50. The van der Waals surface area contributed by atoms with E-state index in [0.717, 1.165) is 26.7 Å². The van der Waals surface area contributed by atoms with Gasteiger partial charge in [0.15, 0.2) is 0 Å². The number of anilines is 1. The first kappa shape index (κ1) is 19.1. The number of benzene rings is 2. The fraction of sp³-hybridized carbons (Fsp3) is 0.316. The Morgan fingerprint density at radius 2 is 1.60 bits per heavy atom. The van der Waals surface area contributed by atoms with Gasteiger partial charge >= 0.3 is 0 Å². The van der Waals surface area contributed by atoms with Gasteiger partial charge in [-0.2, -0.15) is 4.31 Å². The van der Waals surface area contributed by atoms with Gasteiger partial charge in [-0.25, -0.2) is 8.42 Å². The van der Waals surface area contributed by atoms with E-state index in [1.807, 2.05) is 45.0 Å². The first-order valence-corrected chi connectivity index (χ1v) is 9.46. The molecule has 0 atom stereocenters. The summed E-state index contributed by atoms with van der Waals surface area (Å²) in [5, 5.41) is 2.81. The number of carbonyl (C=O) groups is 1. The first-order valence-electron chi connectivity index (χ1n) is 8.02. The quantitative estimate of drug-likeness (QED) is 0.890. The molecule has 5 nitrogen and oxygen atoms in total. The molecule has 0 fully saturated rings. The van der Waals surface area contributed by atoms with E-state index in [2.05, 4.69) is 5.32 Å². The fourth-order valence-electron chi connectivity index (χ4n) is 2.73. The molecule has 0 heterocycles. The number of hydrogen-bond donors (Lipinski definition) is 1. The molecule has 6 heteroatoms. The van der Waals surface area contributed by atoms with E-state index in [1.54, 1.807) is 19.1 Å². The maximum atomic E-state index is 12.7. The summed E-state index contributed by atoms with van der Waals surface area (Å²) < 4.78 is 26.5. The summed E-state index contributed by atoms with van der Waals surface area (Å²) in [4.78, 5) is 12.5. The summed E-state index contributed by atoms with van der Waals surface area (Å²) in [6, 6.07) is 10.9. The van der Waals surface area contributed by atoms with E-state index in [-0.39, 0.29) is 17.3 Å². The SMILES string of the molecule is Cc1ccc(S(=O)(=O)N(C)CC(=O)Nc2c(C)cccc2C)c(C)c1. The summed E-state index contributed by atoms with van der Waals surface area (Å²) in [5.41, 5.74) is 4.26. The van der Waals surface area contributed by atoms with Crippen LogP contribution in [0.15, 0.2) is 41.3 Å². The standard InChI is InChI=1S/C19H24N2O3S/c1-13-9-10-17(16(4)11-13)25(23,24)21(5)12-18(22)20-19-14(2)7-6-8-15(19)3/h6-11H,12H2,1-5H3,(H,20,22). The number of para-hydroxylation sites is 1. The van der Waals surface area contributed by atoms with Gasteiger partial charge in [-0.15, -0.1) is 0 Å². The number of aryl methyl sites for hydroxylation is 4. The summed E-state index contributed by atoms with van der Waals surface area (Å²) in [6.45, 7) is 7.22. The van der Waals surface area contributed by atoms with Crippen LogP contribution in [0.1, 0.15) is 22.3 Å². The molecule has 134 valence electrons. The number of hydrogen-bond acceptors (Lipinski definition) is 3. The van der Waals surface area contributed by atoms with Crippen molar-refractivity contribution in [2.75, 3.05) is 18.9 Å². The molecule has 0 saturated carbocycles. The lowest BCUT2D eigenvalue weighted by atomic mass is 10.1. The second-order valence-electron chi connectivity index (χ2n) is 6.35. The Labute approximate surface area is 149 Å². The Hall–Kier alpha value is -2.18. The second-order valence-corrected chi connectivity index (χ2v) is 8.36. The highest BCUT2D eigenvalue weighted by Crippen LogP contribution is 2.21. The highest BCUT2D eigenvalue weighted by Gasteiger charge is 2.24. The number of nitrogens with zero attached hydrogens (tertiary/aromatic N) is 1. The Balaban J connectivity index is 2.18. The zero-order chi connectivity index (χ0) is 18.8. The molecule has 1 N–H and O–H groups in total. The molecule has 0 bridgehead atoms. The number of nitrogens with one attached hydrogen (secondary N) is 1. The van der Waals surface area contributed by atoms with Crippen LogP contribution in [0, 0.1) is 27.7 Å². The van der Waals surface area contributed by atoms with Crippen molar-refractivity contribution in [3.05, 3.63) is 58.7 Å². The Kier molecular flexibility index (Phi) is 5.65. The number of amides is 1. The largest absolute Gasteiger partial charge is 0.324 e. The van der Waals surface area contributed by atoms with Crippen LogP contribution in [0.4, 0.5) is 5.69 Å². The van der Waals surface area contributed by atoms with Gasteiger partial charge in [0, 0.05) is 12.7 Å². The van der Waals surface area contributed by atoms with Crippen LogP contribution in [-0.2, 0) is 14.8 Å². The summed E-state index contributed by atoms with van der Waals surface area (Å²) >= 11 is 0. The molecule has 0 aliphatic carbocycles. The van der Waals surface area contributed by atoms with Crippen molar-refractivity contribution in [3.8, 4) is 0 Å². The minimum absolute atomic E-state index is 0.223. The van der Waals surface area contributed by atoms with E-state index in [9.17, 15) is 13.2 Å². The van der Waals surface area contributed by atoms with Crippen LogP contribution in [-0.4, -0.2) is 32.2 Å². The molecule has 0 radical (unpaired) electrons. The van der Waals surface area contributed by atoms with Crippen LogP contribution in [0.3, 0.4) is 0 Å². The third-order valence-corrected chi connectivity index (χ3v) is 6.09. The van der Waals surface area contributed by atoms with E-state index in [1.165, 1.54) is 7.05 Å². The normalized spacial score (nSPS) is 11.6. The van der Waals surface area contributed by atoms with Crippen LogP contribution in [0.5, 0.6) is 0 Å². The Bertz CT molecular complexity index is 885. The molecule has 0 unspecified atom stereocenters. The van der Waals surface area contributed by atoms with Crippen molar-refractivity contribution in [3.63, 3.8) is 0 Å². The van der Waals surface area contributed by atoms with Crippen molar-refractivity contribution >= 4 is 21.6 Å². The first-order chi connectivity index (χ1) is 11.6. The molecule has 0 aliphatic rings. The molecule has 0 aromatic heterocycles. The number of rotatable bonds is 5.